The Morgan fingerprint density at radius 2 is 2.07 bits per heavy atom. The zero-order valence-corrected chi connectivity index (χ0v) is 9.91. The van der Waals surface area contributed by atoms with Gasteiger partial charge in [-0.1, -0.05) is 13.3 Å². The van der Waals surface area contributed by atoms with E-state index in [1.165, 1.54) is 0 Å². The maximum atomic E-state index is 11.9. The predicted molar refractivity (Wildman–Crippen MR) is 61.6 cm³/mol. The van der Waals surface area contributed by atoms with E-state index in [1.807, 2.05) is 4.90 Å². The second kappa shape index (κ2) is 6.08. The molecule has 1 aliphatic heterocycles. The van der Waals surface area contributed by atoms with E-state index >= 15 is 0 Å². The lowest BCUT2D eigenvalue weighted by Gasteiger charge is -2.23. The van der Waals surface area contributed by atoms with Crippen LogP contribution in [0.5, 0.6) is 0 Å². The Morgan fingerprint density at radius 1 is 1.33 bits per heavy atom. The van der Waals surface area contributed by atoms with Crippen LogP contribution < -0.4 is 5.73 Å². The van der Waals surface area contributed by atoms with Crippen molar-refractivity contribution in [2.45, 2.75) is 32.2 Å². The molecule has 1 atom stereocenters. The highest BCUT2D eigenvalue weighted by Gasteiger charge is 2.21. The van der Waals surface area contributed by atoms with Gasteiger partial charge in [-0.05, 0) is 26.4 Å². The maximum Gasteiger partial charge on any atom is 0.239 e. The molecule has 0 saturated carbocycles. The van der Waals surface area contributed by atoms with E-state index < -0.39 is 0 Å². The summed E-state index contributed by atoms with van der Waals surface area (Å²) in [5.41, 5.74) is 5.84. The van der Waals surface area contributed by atoms with Gasteiger partial charge in [0.05, 0.1) is 6.04 Å². The molecule has 0 aromatic heterocycles. The molecule has 4 nitrogen and oxygen atoms in total. The monoisotopic (exact) mass is 213 g/mol. The standard InChI is InChI=1S/C11H23N3O/c1-3-5-10(12)11(15)14-7-4-6-13(2)8-9-14/h10H,3-9,12H2,1-2H3/t10-/m0/s1. The Hall–Kier alpha value is -0.610. The van der Waals surface area contributed by atoms with Crippen LogP contribution in [0, 0.1) is 0 Å². The summed E-state index contributed by atoms with van der Waals surface area (Å²) in [7, 11) is 2.10. The minimum Gasteiger partial charge on any atom is -0.340 e. The van der Waals surface area contributed by atoms with Crippen molar-refractivity contribution in [3.05, 3.63) is 0 Å². The first kappa shape index (κ1) is 12.5. The van der Waals surface area contributed by atoms with E-state index in [4.69, 9.17) is 5.73 Å². The molecule has 4 heteroatoms. The zero-order chi connectivity index (χ0) is 11.3. The third-order valence-electron chi connectivity index (χ3n) is 2.95. The highest BCUT2D eigenvalue weighted by molar-refractivity contribution is 5.81. The number of likely N-dealkylation sites (N-methyl/N-ethyl adjacent to an activating group) is 1. The van der Waals surface area contributed by atoms with Crippen molar-refractivity contribution in [2.24, 2.45) is 5.73 Å². The van der Waals surface area contributed by atoms with Crippen LogP contribution >= 0.6 is 0 Å². The van der Waals surface area contributed by atoms with Crippen LogP contribution in [0.2, 0.25) is 0 Å². The van der Waals surface area contributed by atoms with E-state index in [0.29, 0.717) is 0 Å². The van der Waals surface area contributed by atoms with Gasteiger partial charge in [-0.3, -0.25) is 4.79 Å². The molecule has 0 bridgehead atoms. The lowest BCUT2D eigenvalue weighted by atomic mass is 10.1. The van der Waals surface area contributed by atoms with Crippen LogP contribution in [0.1, 0.15) is 26.2 Å². The van der Waals surface area contributed by atoms with Gasteiger partial charge in [-0.15, -0.1) is 0 Å². The molecule has 0 aliphatic carbocycles. The second-order valence-electron chi connectivity index (χ2n) is 4.38. The zero-order valence-electron chi connectivity index (χ0n) is 9.91. The molecule has 0 spiro atoms. The maximum absolute atomic E-state index is 11.9. The summed E-state index contributed by atoms with van der Waals surface area (Å²) in [5.74, 6) is 0.132. The summed E-state index contributed by atoms with van der Waals surface area (Å²) >= 11 is 0. The van der Waals surface area contributed by atoms with E-state index in [2.05, 4.69) is 18.9 Å². The van der Waals surface area contributed by atoms with Gasteiger partial charge in [-0.25, -0.2) is 0 Å². The first-order chi connectivity index (χ1) is 7.15. The van der Waals surface area contributed by atoms with Crippen LogP contribution in [-0.2, 0) is 4.79 Å². The van der Waals surface area contributed by atoms with Crippen molar-refractivity contribution in [1.29, 1.82) is 0 Å². The topological polar surface area (TPSA) is 49.6 Å². The molecule has 1 amide bonds. The van der Waals surface area contributed by atoms with Gasteiger partial charge in [-0.2, -0.15) is 0 Å². The molecule has 0 radical (unpaired) electrons. The molecule has 0 aromatic rings. The molecule has 1 fully saturated rings. The van der Waals surface area contributed by atoms with Crippen molar-refractivity contribution in [2.75, 3.05) is 33.2 Å². The molecule has 1 heterocycles. The smallest absolute Gasteiger partial charge is 0.239 e. The van der Waals surface area contributed by atoms with Gasteiger partial charge < -0.3 is 15.5 Å². The largest absolute Gasteiger partial charge is 0.340 e. The Labute approximate surface area is 92.4 Å². The molecule has 2 N–H and O–H groups in total. The molecule has 0 unspecified atom stereocenters. The molecule has 1 aliphatic rings. The first-order valence-corrected chi connectivity index (χ1v) is 5.88. The van der Waals surface area contributed by atoms with Gasteiger partial charge >= 0.3 is 0 Å². The van der Waals surface area contributed by atoms with Crippen molar-refractivity contribution >= 4 is 5.91 Å². The van der Waals surface area contributed by atoms with Crippen LogP contribution in [0.3, 0.4) is 0 Å². The highest BCUT2D eigenvalue weighted by atomic mass is 16.2. The molecular formula is C11H23N3O. The van der Waals surface area contributed by atoms with Gasteiger partial charge in [0.25, 0.3) is 0 Å². The average molecular weight is 213 g/mol. The third kappa shape index (κ3) is 3.80. The van der Waals surface area contributed by atoms with Crippen molar-refractivity contribution in [1.82, 2.24) is 9.80 Å². The SMILES string of the molecule is CCC[C@H](N)C(=O)N1CCCN(C)CC1. The fraction of sp³-hybridized carbons (Fsp3) is 0.909. The van der Waals surface area contributed by atoms with Gasteiger partial charge in [0.15, 0.2) is 0 Å². The number of nitrogens with zero attached hydrogens (tertiary/aromatic N) is 2. The van der Waals surface area contributed by atoms with Crippen molar-refractivity contribution in [3.8, 4) is 0 Å². The molecule has 0 aromatic carbocycles. The number of carbonyl (C=O) groups excluding carboxylic acids is 1. The van der Waals surface area contributed by atoms with Crippen molar-refractivity contribution in [3.63, 3.8) is 0 Å². The van der Waals surface area contributed by atoms with Crippen LogP contribution in [0.4, 0.5) is 0 Å². The minimum absolute atomic E-state index is 0.132. The summed E-state index contributed by atoms with van der Waals surface area (Å²) < 4.78 is 0. The number of carbonyl (C=O) groups is 1. The van der Waals surface area contributed by atoms with E-state index in [0.717, 1.165) is 45.4 Å². The molecular weight excluding hydrogens is 190 g/mol. The molecule has 15 heavy (non-hydrogen) atoms. The Kier molecular flexibility index (Phi) is 5.05. The number of amides is 1. The normalized spacial score (nSPS) is 21.1. The van der Waals surface area contributed by atoms with E-state index in [-0.39, 0.29) is 11.9 Å². The Morgan fingerprint density at radius 3 is 2.73 bits per heavy atom. The fourth-order valence-electron chi connectivity index (χ4n) is 1.94. The van der Waals surface area contributed by atoms with E-state index in [1.54, 1.807) is 0 Å². The third-order valence-corrected chi connectivity index (χ3v) is 2.95. The predicted octanol–water partition coefficient (Wildman–Crippen LogP) is 0.278. The summed E-state index contributed by atoms with van der Waals surface area (Å²) in [6.45, 7) is 5.79. The number of hydrogen-bond acceptors (Lipinski definition) is 3. The first-order valence-electron chi connectivity index (χ1n) is 5.88. The number of hydrogen-bond donors (Lipinski definition) is 1. The second-order valence-corrected chi connectivity index (χ2v) is 4.38. The van der Waals surface area contributed by atoms with Crippen molar-refractivity contribution < 1.29 is 4.79 Å². The van der Waals surface area contributed by atoms with Crippen LogP contribution in [0.15, 0.2) is 0 Å². The quantitative estimate of drug-likeness (QED) is 0.732. The number of rotatable bonds is 3. The van der Waals surface area contributed by atoms with Gasteiger partial charge in [0.1, 0.15) is 0 Å². The van der Waals surface area contributed by atoms with Gasteiger partial charge in [0, 0.05) is 19.6 Å². The molecule has 88 valence electrons. The van der Waals surface area contributed by atoms with Gasteiger partial charge in [0.2, 0.25) is 5.91 Å². The van der Waals surface area contributed by atoms with E-state index in [9.17, 15) is 4.79 Å². The minimum atomic E-state index is -0.293. The average Bonchev–Trinajstić information content (AvgIpc) is 2.42. The van der Waals surface area contributed by atoms with Crippen LogP contribution in [-0.4, -0.2) is 55.0 Å². The highest BCUT2D eigenvalue weighted by Crippen LogP contribution is 2.05. The Balaban J connectivity index is 2.44. The summed E-state index contributed by atoms with van der Waals surface area (Å²) in [4.78, 5) is 16.1. The number of nitrogens with two attached hydrogens (primary N) is 1. The molecule has 1 rings (SSSR count). The Bertz CT molecular complexity index is 208. The summed E-state index contributed by atoms with van der Waals surface area (Å²) in [6.07, 6.45) is 2.83. The summed E-state index contributed by atoms with van der Waals surface area (Å²) in [6, 6.07) is -0.293. The lowest BCUT2D eigenvalue weighted by molar-refractivity contribution is -0.132. The molecule has 1 saturated heterocycles. The van der Waals surface area contributed by atoms with Crippen LogP contribution in [0.25, 0.3) is 0 Å². The fourth-order valence-corrected chi connectivity index (χ4v) is 1.94. The summed E-state index contributed by atoms with van der Waals surface area (Å²) in [5, 5.41) is 0. The lowest BCUT2D eigenvalue weighted by Crippen LogP contribution is -2.45.